The zero-order chi connectivity index (χ0) is 15.3. The minimum atomic E-state index is 0.802. The number of aromatic nitrogens is 2. The van der Waals surface area contributed by atoms with Crippen molar-refractivity contribution in [1.29, 1.82) is 0 Å². The van der Waals surface area contributed by atoms with Crippen LogP contribution in [-0.4, -0.2) is 16.3 Å². The minimum Gasteiger partial charge on any atom is -0.369 e. The molecule has 1 aromatic carbocycles. The molecule has 0 bridgehead atoms. The standard InChI is InChI=1S/C17H16ClN3S/c1-10-4-3-5-13(11(10)2)21-17-12(8-9-19-17)16(20-21)14-6-7-15(18)22-14/h3-7,19H,8-9H2,1-2H3. The van der Waals surface area contributed by atoms with Crippen molar-refractivity contribution in [1.82, 2.24) is 9.78 Å². The molecule has 0 aliphatic carbocycles. The van der Waals surface area contributed by atoms with Gasteiger partial charge in [0.1, 0.15) is 11.5 Å². The van der Waals surface area contributed by atoms with Gasteiger partial charge >= 0.3 is 0 Å². The Morgan fingerprint density at radius 3 is 2.86 bits per heavy atom. The molecule has 1 aliphatic heterocycles. The largest absolute Gasteiger partial charge is 0.369 e. The average Bonchev–Trinajstić information content (AvgIpc) is 3.18. The fourth-order valence-electron chi connectivity index (χ4n) is 2.95. The minimum absolute atomic E-state index is 0.802. The molecule has 0 saturated heterocycles. The van der Waals surface area contributed by atoms with Crippen LogP contribution in [0.5, 0.6) is 0 Å². The van der Waals surface area contributed by atoms with Gasteiger partial charge in [0.05, 0.1) is 14.9 Å². The summed E-state index contributed by atoms with van der Waals surface area (Å²) in [7, 11) is 0. The molecule has 2 aromatic heterocycles. The van der Waals surface area contributed by atoms with E-state index in [1.165, 1.54) is 16.7 Å². The monoisotopic (exact) mass is 329 g/mol. The van der Waals surface area contributed by atoms with E-state index in [0.717, 1.165) is 39.4 Å². The third kappa shape index (κ3) is 2.06. The van der Waals surface area contributed by atoms with Crippen molar-refractivity contribution in [3.8, 4) is 16.3 Å². The summed E-state index contributed by atoms with van der Waals surface area (Å²) < 4.78 is 2.85. The highest BCUT2D eigenvalue weighted by Crippen LogP contribution is 2.39. The summed E-state index contributed by atoms with van der Waals surface area (Å²) in [5, 5.41) is 8.38. The summed E-state index contributed by atoms with van der Waals surface area (Å²) in [6.45, 7) is 5.25. The van der Waals surface area contributed by atoms with Gasteiger partial charge in [0.15, 0.2) is 0 Å². The van der Waals surface area contributed by atoms with Crippen molar-refractivity contribution < 1.29 is 0 Å². The number of fused-ring (bicyclic) bond motifs is 1. The first-order valence-electron chi connectivity index (χ1n) is 7.33. The molecule has 3 heterocycles. The van der Waals surface area contributed by atoms with Gasteiger partial charge in [-0.3, -0.25) is 0 Å². The first kappa shape index (κ1) is 13.9. The molecule has 5 heteroatoms. The smallest absolute Gasteiger partial charge is 0.133 e. The van der Waals surface area contributed by atoms with Gasteiger partial charge in [-0.05, 0) is 49.6 Å². The number of hydrogen-bond donors (Lipinski definition) is 1. The lowest BCUT2D eigenvalue weighted by Gasteiger charge is -2.11. The molecule has 1 N–H and O–H groups in total. The third-order valence-corrected chi connectivity index (χ3v) is 5.50. The Kier molecular flexibility index (Phi) is 3.24. The van der Waals surface area contributed by atoms with Crippen LogP contribution in [0.4, 0.5) is 5.82 Å². The Morgan fingerprint density at radius 2 is 2.09 bits per heavy atom. The number of thiophene rings is 1. The Balaban J connectivity index is 1.93. The summed E-state index contributed by atoms with van der Waals surface area (Å²) >= 11 is 7.68. The quantitative estimate of drug-likeness (QED) is 0.729. The van der Waals surface area contributed by atoms with Crippen molar-refractivity contribution in [3.63, 3.8) is 0 Å². The lowest BCUT2D eigenvalue weighted by atomic mass is 10.1. The third-order valence-electron chi connectivity index (χ3n) is 4.26. The van der Waals surface area contributed by atoms with Crippen LogP contribution in [0.2, 0.25) is 4.34 Å². The van der Waals surface area contributed by atoms with E-state index < -0.39 is 0 Å². The van der Waals surface area contributed by atoms with Crippen molar-refractivity contribution in [2.75, 3.05) is 11.9 Å². The Morgan fingerprint density at radius 1 is 1.23 bits per heavy atom. The van der Waals surface area contributed by atoms with E-state index >= 15 is 0 Å². The van der Waals surface area contributed by atoms with E-state index in [1.54, 1.807) is 11.3 Å². The van der Waals surface area contributed by atoms with Crippen LogP contribution in [-0.2, 0) is 6.42 Å². The van der Waals surface area contributed by atoms with Crippen LogP contribution in [0.1, 0.15) is 16.7 Å². The van der Waals surface area contributed by atoms with Crippen molar-refractivity contribution in [3.05, 3.63) is 51.4 Å². The highest BCUT2D eigenvalue weighted by molar-refractivity contribution is 7.19. The predicted octanol–water partition coefficient (Wildman–Crippen LogP) is 4.84. The number of anilines is 1. The lowest BCUT2D eigenvalue weighted by Crippen LogP contribution is -2.06. The normalized spacial score (nSPS) is 13.2. The number of hydrogen-bond acceptors (Lipinski definition) is 3. The Labute approximate surface area is 138 Å². The van der Waals surface area contributed by atoms with Gasteiger partial charge in [-0.1, -0.05) is 23.7 Å². The molecule has 22 heavy (non-hydrogen) atoms. The van der Waals surface area contributed by atoms with Gasteiger partial charge < -0.3 is 5.32 Å². The SMILES string of the molecule is Cc1cccc(-n2nc(-c3ccc(Cl)s3)c3c2NCC3)c1C. The summed E-state index contributed by atoms with van der Waals surface area (Å²) in [4.78, 5) is 1.13. The van der Waals surface area contributed by atoms with Crippen LogP contribution in [0.25, 0.3) is 16.3 Å². The van der Waals surface area contributed by atoms with Gasteiger partial charge in [-0.25, -0.2) is 4.68 Å². The summed E-state index contributed by atoms with van der Waals surface area (Å²) in [6, 6.07) is 10.3. The summed E-state index contributed by atoms with van der Waals surface area (Å²) in [6.07, 6.45) is 1.01. The van der Waals surface area contributed by atoms with Crippen molar-refractivity contribution in [2.45, 2.75) is 20.3 Å². The fourth-order valence-corrected chi connectivity index (χ4v) is 4.01. The van der Waals surface area contributed by atoms with Crippen LogP contribution in [0.15, 0.2) is 30.3 Å². The summed E-state index contributed by atoms with van der Waals surface area (Å²) in [5.41, 5.74) is 6.02. The van der Waals surface area contributed by atoms with Crippen molar-refractivity contribution in [2.24, 2.45) is 0 Å². The molecule has 0 unspecified atom stereocenters. The van der Waals surface area contributed by atoms with Crippen LogP contribution >= 0.6 is 22.9 Å². The van der Waals surface area contributed by atoms with Gasteiger partial charge in [0, 0.05) is 12.1 Å². The number of nitrogens with zero attached hydrogens (tertiary/aromatic N) is 2. The molecule has 0 saturated carbocycles. The molecule has 0 atom stereocenters. The maximum atomic E-state index is 6.10. The molecular weight excluding hydrogens is 314 g/mol. The number of benzene rings is 1. The number of nitrogens with one attached hydrogen (secondary N) is 1. The van der Waals surface area contributed by atoms with Gasteiger partial charge in [-0.2, -0.15) is 5.10 Å². The molecule has 4 rings (SSSR count). The lowest BCUT2D eigenvalue weighted by molar-refractivity contribution is 0.874. The Bertz CT molecular complexity index is 863. The number of halogens is 1. The molecule has 3 aromatic rings. The van der Waals surface area contributed by atoms with Crippen LogP contribution < -0.4 is 5.32 Å². The molecule has 3 nitrogen and oxygen atoms in total. The Hall–Kier alpha value is -1.78. The van der Waals surface area contributed by atoms with Gasteiger partial charge in [-0.15, -0.1) is 11.3 Å². The molecule has 0 amide bonds. The maximum absolute atomic E-state index is 6.10. The first-order chi connectivity index (χ1) is 10.6. The van der Waals surface area contributed by atoms with Crippen LogP contribution in [0, 0.1) is 13.8 Å². The van der Waals surface area contributed by atoms with E-state index in [1.807, 2.05) is 10.7 Å². The topological polar surface area (TPSA) is 29.9 Å². The highest BCUT2D eigenvalue weighted by atomic mass is 35.5. The predicted molar refractivity (Wildman–Crippen MR) is 93.6 cm³/mol. The molecular formula is C17H16ClN3S. The second-order valence-corrected chi connectivity index (χ2v) is 7.30. The number of aryl methyl sites for hydroxylation is 1. The fraction of sp³-hybridized carbons (Fsp3) is 0.235. The molecule has 0 fully saturated rings. The summed E-state index contributed by atoms with van der Waals surface area (Å²) in [5.74, 6) is 1.12. The van der Waals surface area contributed by atoms with E-state index in [-0.39, 0.29) is 0 Å². The first-order valence-corrected chi connectivity index (χ1v) is 8.52. The molecule has 0 spiro atoms. The zero-order valence-electron chi connectivity index (χ0n) is 12.5. The molecule has 1 aliphatic rings. The van der Waals surface area contributed by atoms with E-state index in [0.29, 0.717) is 0 Å². The van der Waals surface area contributed by atoms with E-state index in [4.69, 9.17) is 16.7 Å². The molecule has 0 radical (unpaired) electrons. The van der Waals surface area contributed by atoms with Gasteiger partial charge in [0.2, 0.25) is 0 Å². The number of rotatable bonds is 2. The molecule has 112 valence electrons. The van der Waals surface area contributed by atoms with Crippen LogP contribution in [0.3, 0.4) is 0 Å². The maximum Gasteiger partial charge on any atom is 0.133 e. The van der Waals surface area contributed by atoms with E-state index in [2.05, 4.69) is 43.4 Å². The van der Waals surface area contributed by atoms with Gasteiger partial charge in [0.25, 0.3) is 0 Å². The highest BCUT2D eigenvalue weighted by Gasteiger charge is 2.25. The second kappa shape index (κ2) is 5.14. The van der Waals surface area contributed by atoms with Crippen molar-refractivity contribution >= 4 is 28.8 Å². The second-order valence-electron chi connectivity index (χ2n) is 5.59. The average molecular weight is 330 g/mol. The van der Waals surface area contributed by atoms with E-state index in [9.17, 15) is 0 Å². The zero-order valence-corrected chi connectivity index (χ0v) is 14.1.